The molecule has 4 aromatic rings. The maximum Gasteiger partial charge on any atom is 0.343 e. The molecule has 0 unspecified atom stereocenters. The SMILES string of the molecule is CCCOc1ccc(C(=O)Oc2ccc(C=NNC(=O)COc3ccc(-c4ccccc4)cc3)cc2OCC)cc1. The van der Waals surface area contributed by atoms with Crippen LogP contribution in [0.25, 0.3) is 11.1 Å². The van der Waals surface area contributed by atoms with Crippen LogP contribution in [0.2, 0.25) is 0 Å². The summed E-state index contributed by atoms with van der Waals surface area (Å²) in [5, 5.41) is 4.00. The molecule has 0 heterocycles. The van der Waals surface area contributed by atoms with Crippen LogP contribution < -0.4 is 24.4 Å². The highest BCUT2D eigenvalue weighted by Crippen LogP contribution is 2.29. The number of amides is 1. The number of carbonyl (C=O) groups excluding carboxylic acids is 2. The van der Waals surface area contributed by atoms with Crippen molar-refractivity contribution in [3.8, 4) is 34.1 Å². The van der Waals surface area contributed by atoms with Gasteiger partial charge in [0.25, 0.3) is 5.91 Å². The number of hydrogen-bond acceptors (Lipinski definition) is 7. The lowest BCUT2D eigenvalue weighted by Crippen LogP contribution is -2.24. The van der Waals surface area contributed by atoms with Gasteiger partial charge in [0, 0.05) is 0 Å². The second kappa shape index (κ2) is 14.9. The predicted molar refractivity (Wildman–Crippen MR) is 158 cm³/mol. The average Bonchev–Trinajstić information content (AvgIpc) is 3.01. The van der Waals surface area contributed by atoms with Crippen LogP contribution in [0.3, 0.4) is 0 Å². The van der Waals surface area contributed by atoms with E-state index in [1.165, 1.54) is 6.21 Å². The lowest BCUT2D eigenvalue weighted by atomic mass is 10.1. The first-order chi connectivity index (χ1) is 20.1. The molecule has 41 heavy (non-hydrogen) atoms. The predicted octanol–water partition coefficient (Wildman–Crippen LogP) is 6.29. The first kappa shape index (κ1) is 28.9. The molecule has 1 N–H and O–H groups in total. The Balaban J connectivity index is 1.29. The van der Waals surface area contributed by atoms with Crippen molar-refractivity contribution in [1.82, 2.24) is 5.43 Å². The van der Waals surface area contributed by atoms with Gasteiger partial charge in [-0.15, -0.1) is 0 Å². The topological polar surface area (TPSA) is 95.5 Å². The number of benzene rings is 4. The highest BCUT2D eigenvalue weighted by atomic mass is 16.6. The van der Waals surface area contributed by atoms with Gasteiger partial charge in [-0.25, -0.2) is 10.2 Å². The van der Waals surface area contributed by atoms with Crippen molar-refractivity contribution in [3.63, 3.8) is 0 Å². The summed E-state index contributed by atoms with van der Waals surface area (Å²) in [5.74, 6) is 0.998. The van der Waals surface area contributed by atoms with E-state index in [0.29, 0.717) is 41.6 Å². The summed E-state index contributed by atoms with van der Waals surface area (Å²) in [7, 11) is 0. The first-order valence-corrected chi connectivity index (χ1v) is 13.4. The van der Waals surface area contributed by atoms with E-state index >= 15 is 0 Å². The van der Waals surface area contributed by atoms with Gasteiger partial charge >= 0.3 is 5.97 Å². The molecule has 0 radical (unpaired) electrons. The molecule has 0 aromatic heterocycles. The van der Waals surface area contributed by atoms with Gasteiger partial charge in [-0.1, -0.05) is 49.4 Å². The molecule has 0 aliphatic heterocycles. The Kier molecular flexibility index (Phi) is 10.5. The van der Waals surface area contributed by atoms with E-state index in [1.54, 1.807) is 42.5 Å². The fourth-order valence-corrected chi connectivity index (χ4v) is 3.76. The van der Waals surface area contributed by atoms with Crippen molar-refractivity contribution < 1.29 is 28.5 Å². The molecule has 4 rings (SSSR count). The van der Waals surface area contributed by atoms with Gasteiger partial charge in [-0.05, 0) is 84.6 Å². The van der Waals surface area contributed by atoms with Gasteiger partial charge in [-0.2, -0.15) is 5.10 Å². The van der Waals surface area contributed by atoms with Gasteiger partial charge in [0.1, 0.15) is 11.5 Å². The summed E-state index contributed by atoms with van der Waals surface area (Å²) in [6, 6.07) is 29.3. The third-order valence-electron chi connectivity index (χ3n) is 5.77. The lowest BCUT2D eigenvalue weighted by molar-refractivity contribution is -0.123. The second-order valence-corrected chi connectivity index (χ2v) is 8.87. The molecule has 0 bridgehead atoms. The van der Waals surface area contributed by atoms with E-state index in [1.807, 2.05) is 68.4 Å². The highest BCUT2D eigenvalue weighted by Gasteiger charge is 2.14. The van der Waals surface area contributed by atoms with E-state index < -0.39 is 11.9 Å². The van der Waals surface area contributed by atoms with Crippen LogP contribution in [0.1, 0.15) is 36.2 Å². The standard InChI is InChI=1S/C33H32N2O6/c1-3-20-39-28-17-13-27(14-18-28)33(37)41-30-19-10-24(21-31(30)38-4-2)22-34-35-32(36)23-40-29-15-11-26(12-16-29)25-8-6-5-7-9-25/h5-19,21-22H,3-4,20,23H2,1-2H3,(H,35,36). The molecule has 4 aromatic carbocycles. The summed E-state index contributed by atoms with van der Waals surface area (Å²) in [5.41, 5.74) is 5.64. The zero-order valence-electron chi connectivity index (χ0n) is 23.0. The number of rotatable bonds is 13. The normalized spacial score (nSPS) is 10.7. The summed E-state index contributed by atoms with van der Waals surface area (Å²) >= 11 is 0. The Hall–Kier alpha value is -5.11. The van der Waals surface area contributed by atoms with Crippen molar-refractivity contribution in [3.05, 3.63) is 108 Å². The largest absolute Gasteiger partial charge is 0.494 e. The fraction of sp³-hybridized carbons (Fsp3) is 0.182. The third kappa shape index (κ3) is 8.69. The average molecular weight is 553 g/mol. The molecule has 8 nitrogen and oxygen atoms in total. The Morgan fingerprint density at radius 2 is 1.44 bits per heavy atom. The molecule has 0 aliphatic carbocycles. The molecule has 0 atom stereocenters. The summed E-state index contributed by atoms with van der Waals surface area (Å²) in [6.45, 7) is 4.65. The lowest BCUT2D eigenvalue weighted by Gasteiger charge is -2.12. The van der Waals surface area contributed by atoms with Crippen LogP contribution in [0.15, 0.2) is 102 Å². The molecule has 0 spiro atoms. The number of hydrazone groups is 1. The Morgan fingerprint density at radius 3 is 2.15 bits per heavy atom. The van der Waals surface area contributed by atoms with Crippen molar-refractivity contribution in [2.75, 3.05) is 19.8 Å². The van der Waals surface area contributed by atoms with Crippen LogP contribution in [-0.2, 0) is 4.79 Å². The van der Waals surface area contributed by atoms with E-state index in [9.17, 15) is 9.59 Å². The number of hydrogen-bond donors (Lipinski definition) is 1. The molecule has 8 heteroatoms. The third-order valence-corrected chi connectivity index (χ3v) is 5.77. The van der Waals surface area contributed by atoms with E-state index in [0.717, 1.165) is 17.5 Å². The minimum absolute atomic E-state index is 0.188. The fourth-order valence-electron chi connectivity index (χ4n) is 3.76. The number of ether oxygens (including phenoxy) is 4. The molecule has 1 amide bonds. The second-order valence-electron chi connectivity index (χ2n) is 8.87. The summed E-state index contributed by atoms with van der Waals surface area (Å²) in [4.78, 5) is 24.9. The molecule has 210 valence electrons. The van der Waals surface area contributed by atoms with Crippen molar-refractivity contribution in [2.45, 2.75) is 20.3 Å². The maximum atomic E-state index is 12.7. The van der Waals surface area contributed by atoms with E-state index in [-0.39, 0.29) is 12.4 Å². The molecular formula is C33H32N2O6. The minimum Gasteiger partial charge on any atom is -0.494 e. The van der Waals surface area contributed by atoms with Crippen molar-refractivity contribution in [2.24, 2.45) is 5.10 Å². The van der Waals surface area contributed by atoms with E-state index in [4.69, 9.17) is 18.9 Å². The van der Waals surface area contributed by atoms with Crippen LogP contribution >= 0.6 is 0 Å². The van der Waals surface area contributed by atoms with Crippen LogP contribution in [0, 0.1) is 0 Å². The molecular weight excluding hydrogens is 520 g/mol. The van der Waals surface area contributed by atoms with Gasteiger partial charge in [0.15, 0.2) is 18.1 Å². The Labute approximate surface area is 239 Å². The number of nitrogens with one attached hydrogen (secondary N) is 1. The highest BCUT2D eigenvalue weighted by molar-refractivity contribution is 5.92. The molecule has 0 saturated heterocycles. The zero-order chi connectivity index (χ0) is 28.9. The molecule has 0 aliphatic rings. The molecule has 0 saturated carbocycles. The minimum atomic E-state index is -0.517. The van der Waals surface area contributed by atoms with Crippen LogP contribution in [0.4, 0.5) is 0 Å². The van der Waals surface area contributed by atoms with Gasteiger partial charge in [0.05, 0.1) is 25.0 Å². The first-order valence-electron chi connectivity index (χ1n) is 13.4. The molecule has 0 fully saturated rings. The monoisotopic (exact) mass is 552 g/mol. The van der Waals surface area contributed by atoms with Gasteiger partial charge < -0.3 is 18.9 Å². The maximum absolute atomic E-state index is 12.7. The quantitative estimate of drug-likeness (QED) is 0.0907. The van der Waals surface area contributed by atoms with Gasteiger partial charge in [0.2, 0.25) is 0 Å². The smallest absolute Gasteiger partial charge is 0.343 e. The number of esters is 1. The summed E-state index contributed by atoms with van der Waals surface area (Å²) in [6.07, 6.45) is 2.37. The van der Waals surface area contributed by atoms with Gasteiger partial charge in [-0.3, -0.25) is 4.79 Å². The Morgan fingerprint density at radius 1 is 0.756 bits per heavy atom. The van der Waals surface area contributed by atoms with Crippen LogP contribution in [-0.4, -0.2) is 37.9 Å². The van der Waals surface area contributed by atoms with E-state index in [2.05, 4.69) is 10.5 Å². The van der Waals surface area contributed by atoms with Crippen molar-refractivity contribution >= 4 is 18.1 Å². The number of nitrogens with zero attached hydrogens (tertiary/aromatic N) is 1. The van der Waals surface area contributed by atoms with Crippen LogP contribution in [0.5, 0.6) is 23.0 Å². The Bertz CT molecular complexity index is 1450. The zero-order valence-corrected chi connectivity index (χ0v) is 23.0. The summed E-state index contributed by atoms with van der Waals surface area (Å²) < 4.78 is 22.4. The van der Waals surface area contributed by atoms with Crippen molar-refractivity contribution in [1.29, 1.82) is 0 Å². The number of carbonyl (C=O) groups is 2.